The number of carboxylic acids is 1. The van der Waals surface area contributed by atoms with E-state index in [4.69, 9.17) is 5.11 Å². The fourth-order valence-electron chi connectivity index (χ4n) is 1.29. The summed E-state index contributed by atoms with van der Waals surface area (Å²) in [6.45, 7) is 0. The summed E-state index contributed by atoms with van der Waals surface area (Å²) in [7, 11) is 0. The van der Waals surface area contributed by atoms with Crippen LogP contribution < -0.4 is 0 Å². The molecule has 5 nitrogen and oxygen atoms in total. The molecule has 0 unspecified atom stereocenters. The van der Waals surface area contributed by atoms with Crippen molar-refractivity contribution >= 4 is 5.97 Å². The van der Waals surface area contributed by atoms with Gasteiger partial charge in [-0.1, -0.05) is 0 Å². The Balaban J connectivity index is 2.22. The summed E-state index contributed by atoms with van der Waals surface area (Å²) in [5, 5.41) is 8.78. The van der Waals surface area contributed by atoms with E-state index in [1.54, 1.807) is 12.4 Å². The molecule has 1 N–H and O–H groups in total. The highest BCUT2D eigenvalue weighted by atomic mass is 16.4. The highest BCUT2D eigenvalue weighted by molar-refractivity contribution is 5.85. The number of hydrogen-bond acceptors (Lipinski definition) is 4. The summed E-state index contributed by atoms with van der Waals surface area (Å²) in [5.74, 6) is -0.551. The van der Waals surface area contributed by atoms with Crippen LogP contribution >= 0.6 is 0 Å². The van der Waals surface area contributed by atoms with Crippen LogP contribution in [0, 0.1) is 0 Å². The minimum atomic E-state index is -1.04. The average molecular weight is 215 g/mol. The normalized spacial score (nSPS) is 10.0. The molecule has 2 rings (SSSR count). The average Bonchev–Trinajstić information content (AvgIpc) is 2.30. The van der Waals surface area contributed by atoms with Gasteiger partial charge in [0.05, 0.1) is 0 Å². The summed E-state index contributed by atoms with van der Waals surface area (Å²) in [6.07, 6.45) is 5.31. The van der Waals surface area contributed by atoms with Crippen LogP contribution in [-0.4, -0.2) is 26.0 Å². The SMILES string of the molecule is O=C(O)c1ccnc(Cc2ccncc2)n1. The van der Waals surface area contributed by atoms with Crippen LogP contribution in [0.3, 0.4) is 0 Å². The second-order valence-electron chi connectivity index (χ2n) is 3.20. The van der Waals surface area contributed by atoms with Gasteiger partial charge in [0.15, 0.2) is 5.69 Å². The molecule has 0 saturated heterocycles. The third kappa shape index (κ3) is 2.38. The van der Waals surface area contributed by atoms with Crippen LogP contribution in [0.2, 0.25) is 0 Å². The molecule has 80 valence electrons. The monoisotopic (exact) mass is 215 g/mol. The number of carboxylic acid groups (broad SMARTS) is 1. The van der Waals surface area contributed by atoms with Crippen molar-refractivity contribution in [2.75, 3.05) is 0 Å². The lowest BCUT2D eigenvalue weighted by atomic mass is 10.2. The number of aromatic nitrogens is 3. The molecule has 0 saturated carbocycles. The van der Waals surface area contributed by atoms with Gasteiger partial charge >= 0.3 is 5.97 Å². The predicted molar refractivity (Wildman–Crippen MR) is 56.0 cm³/mol. The molecule has 2 aromatic heterocycles. The number of carbonyl (C=O) groups is 1. The minimum Gasteiger partial charge on any atom is -0.477 e. The van der Waals surface area contributed by atoms with E-state index in [0.29, 0.717) is 12.2 Å². The van der Waals surface area contributed by atoms with Gasteiger partial charge in [0, 0.05) is 25.0 Å². The Morgan fingerprint density at radius 3 is 2.62 bits per heavy atom. The number of pyridine rings is 1. The standard InChI is InChI=1S/C11H9N3O2/c15-11(16)9-3-6-13-10(14-9)7-8-1-4-12-5-2-8/h1-6H,7H2,(H,15,16). The minimum absolute atomic E-state index is 0.0130. The number of hydrogen-bond donors (Lipinski definition) is 1. The highest BCUT2D eigenvalue weighted by Crippen LogP contribution is 2.04. The van der Waals surface area contributed by atoms with Crippen molar-refractivity contribution in [2.24, 2.45) is 0 Å². The van der Waals surface area contributed by atoms with Crippen LogP contribution in [0.5, 0.6) is 0 Å². The van der Waals surface area contributed by atoms with Crippen molar-refractivity contribution in [1.29, 1.82) is 0 Å². The lowest BCUT2D eigenvalue weighted by molar-refractivity contribution is 0.0690. The van der Waals surface area contributed by atoms with Gasteiger partial charge in [-0.2, -0.15) is 0 Å². The van der Waals surface area contributed by atoms with Crippen molar-refractivity contribution in [3.8, 4) is 0 Å². The third-order valence-corrected chi connectivity index (χ3v) is 2.04. The van der Waals surface area contributed by atoms with E-state index in [2.05, 4.69) is 15.0 Å². The van der Waals surface area contributed by atoms with Crippen LogP contribution in [0.15, 0.2) is 36.8 Å². The highest BCUT2D eigenvalue weighted by Gasteiger charge is 2.06. The van der Waals surface area contributed by atoms with Crippen LogP contribution in [0.1, 0.15) is 21.9 Å². The number of rotatable bonds is 3. The van der Waals surface area contributed by atoms with Gasteiger partial charge in [-0.15, -0.1) is 0 Å². The molecule has 0 atom stereocenters. The van der Waals surface area contributed by atoms with Gasteiger partial charge in [0.25, 0.3) is 0 Å². The summed E-state index contributed by atoms with van der Waals surface area (Å²) >= 11 is 0. The molecular weight excluding hydrogens is 206 g/mol. The molecule has 16 heavy (non-hydrogen) atoms. The van der Waals surface area contributed by atoms with Crippen molar-refractivity contribution in [3.63, 3.8) is 0 Å². The Hall–Kier alpha value is -2.30. The number of aromatic carboxylic acids is 1. The molecule has 0 radical (unpaired) electrons. The van der Waals surface area contributed by atoms with Gasteiger partial charge in [0.1, 0.15) is 5.82 Å². The van der Waals surface area contributed by atoms with Gasteiger partial charge < -0.3 is 5.11 Å². The molecule has 0 aliphatic heterocycles. The summed E-state index contributed by atoms with van der Waals surface area (Å²) in [6, 6.07) is 5.06. The zero-order valence-electron chi connectivity index (χ0n) is 8.37. The molecule has 0 bridgehead atoms. The quantitative estimate of drug-likeness (QED) is 0.831. The molecule has 2 heterocycles. The molecule has 0 fully saturated rings. The second kappa shape index (κ2) is 4.48. The van der Waals surface area contributed by atoms with E-state index in [0.717, 1.165) is 5.56 Å². The lowest BCUT2D eigenvalue weighted by Crippen LogP contribution is -2.05. The van der Waals surface area contributed by atoms with Crippen LogP contribution in [0.4, 0.5) is 0 Å². The fraction of sp³-hybridized carbons (Fsp3) is 0.0909. The van der Waals surface area contributed by atoms with E-state index in [1.807, 2.05) is 12.1 Å². The maximum Gasteiger partial charge on any atom is 0.354 e. The second-order valence-corrected chi connectivity index (χ2v) is 3.20. The molecule has 0 aliphatic rings. The Kier molecular flexibility index (Phi) is 2.86. The first-order chi connectivity index (χ1) is 7.75. The predicted octanol–water partition coefficient (Wildman–Crippen LogP) is 1.16. The first kappa shape index (κ1) is 10.2. The van der Waals surface area contributed by atoms with E-state index in [-0.39, 0.29) is 5.69 Å². The molecule has 2 aromatic rings. The topological polar surface area (TPSA) is 76.0 Å². The summed E-state index contributed by atoms with van der Waals surface area (Å²) < 4.78 is 0. The maximum atomic E-state index is 10.7. The molecule has 5 heteroatoms. The summed E-state index contributed by atoms with van der Waals surface area (Å²) in [4.78, 5) is 22.6. The van der Waals surface area contributed by atoms with Crippen molar-refractivity contribution < 1.29 is 9.90 Å². The lowest BCUT2D eigenvalue weighted by Gasteiger charge is -2.00. The molecule has 0 aliphatic carbocycles. The first-order valence-electron chi connectivity index (χ1n) is 4.70. The fourth-order valence-corrected chi connectivity index (χ4v) is 1.29. The van der Waals surface area contributed by atoms with Crippen LogP contribution in [0.25, 0.3) is 0 Å². The van der Waals surface area contributed by atoms with E-state index >= 15 is 0 Å². The van der Waals surface area contributed by atoms with Gasteiger partial charge in [-0.3, -0.25) is 4.98 Å². The van der Waals surface area contributed by atoms with Gasteiger partial charge in [-0.05, 0) is 23.8 Å². The van der Waals surface area contributed by atoms with Gasteiger partial charge in [0.2, 0.25) is 0 Å². The van der Waals surface area contributed by atoms with E-state index in [1.165, 1.54) is 12.3 Å². The molecule has 0 aromatic carbocycles. The van der Waals surface area contributed by atoms with E-state index in [9.17, 15) is 4.79 Å². The van der Waals surface area contributed by atoms with Crippen molar-refractivity contribution in [2.45, 2.75) is 6.42 Å². The van der Waals surface area contributed by atoms with Crippen LogP contribution in [-0.2, 0) is 6.42 Å². The summed E-state index contributed by atoms with van der Waals surface area (Å²) in [5.41, 5.74) is 1.01. The first-order valence-corrected chi connectivity index (χ1v) is 4.70. The zero-order valence-corrected chi connectivity index (χ0v) is 8.37. The maximum absolute atomic E-state index is 10.7. The molecule has 0 amide bonds. The molecule has 0 spiro atoms. The zero-order chi connectivity index (χ0) is 11.4. The Bertz CT molecular complexity index is 500. The number of nitrogens with zero attached hydrogens (tertiary/aromatic N) is 3. The third-order valence-electron chi connectivity index (χ3n) is 2.04. The largest absolute Gasteiger partial charge is 0.477 e. The Morgan fingerprint density at radius 2 is 1.94 bits per heavy atom. The molecular formula is C11H9N3O2. The van der Waals surface area contributed by atoms with Gasteiger partial charge in [-0.25, -0.2) is 14.8 Å². The van der Waals surface area contributed by atoms with Crippen molar-refractivity contribution in [3.05, 3.63) is 53.9 Å². The van der Waals surface area contributed by atoms with E-state index < -0.39 is 5.97 Å². The Labute approximate surface area is 91.8 Å². The smallest absolute Gasteiger partial charge is 0.354 e. The Morgan fingerprint density at radius 1 is 1.19 bits per heavy atom. The van der Waals surface area contributed by atoms with Crippen molar-refractivity contribution in [1.82, 2.24) is 15.0 Å².